The van der Waals surface area contributed by atoms with E-state index >= 15 is 0 Å². The molecule has 0 aliphatic carbocycles. The minimum atomic E-state index is 0.836. The molecule has 0 atom stereocenters. The normalized spacial score (nSPS) is 11.2. The van der Waals surface area contributed by atoms with Gasteiger partial charge in [0.1, 0.15) is 5.58 Å². The molecule has 4 rings (SSSR count). The van der Waals surface area contributed by atoms with Crippen molar-refractivity contribution in [1.82, 2.24) is 4.98 Å². The zero-order chi connectivity index (χ0) is 13.5. The number of aryl methyl sites for hydroxylation is 1. The quantitative estimate of drug-likeness (QED) is 0.483. The molecule has 4 aromatic rings. The summed E-state index contributed by atoms with van der Waals surface area (Å²) in [6, 6.07) is 16.8. The highest BCUT2D eigenvalue weighted by molar-refractivity contribution is 6.09. The average molecular weight is 259 g/mol. The topological polar surface area (TPSA) is 26.0 Å². The molecule has 0 aliphatic rings. The van der Waals surface area contributed by atoms with Crippen molar-refractivity contribution in [2.75, 3.05) is 0 Å². The minimum absolute atomic E-state index is 0.836. The molecule has 0 fully saturated rings. The summed E-state index contributed by atoms with van der Waals surface area (Å²) >= 11 is 0. The number of fused-ring (bicyclic) bond motifs is 3. The molecule has 0 saturated carbocycles. The second kappa shape index (κ2) is 4.20. The molecule has 2 nitrogen and oxygen atoms in total. The van der Waals surface area contributed by atoms with Crippen LogP contribution in [0.5, 0.6) is 0 Å². The highest BCUT2D eigenvalue weighted by Gasteiger charge is 2.11. The Balaban J connectivity index is 2.10. The number of hydrogen-bond acceptors (Lipinski definition) is 2. The van der Waals surface area contributed by atoms with Crippen molar-refractivity contribution in [3.05, 3.63) is 66.5 Å². The number of furan rings is 1. The Morgan fingerprint density at radius 3 is 2.75 bits per heavy atom. The Morgan fingerprint density at radius 1 is 0.950 bits per heavy atom. The van der Waals surface area contributed by atoms with E-state index in [0.717, 1.165) is 27.5 Å². The van der Waals surface area contributed by atoms with E-state index < -0.39 is 0 Å². The largest absolute Gasteiger partial charge is 0.454 e. The number of rotatable bonds is 1. The van der Waals surface area contributed by atoms with Crippen molar-refractivity contribution < 1.29 is 4.42 Å². The summed E-state index contributed by atoms with van der Waals surface area (Å²) in [5.74, 6) is 0. The maximum absolute atomic E-state index is 6.02. The van der Waals surface area contributed by atoms with E-state index in [2.05, 4.69) is 54.4 Å². The third-order valence-corrected chi connectivity index (χ3v) is 3.63. The molecule has 0 unspecified atom stereocenters. The van der Waals surface area contributed by atoms with E-state index in [0.29, 0.717) is 0 Å². The number of hydrogen-bond donors (Lipinski definition) is 0. The monoisotopic (exact) mass is 259 g/mol. The summed E-state index contributed by atoms with van der Waals surface area (Å²) in [6.07, 6.45) is 3.58. The van der Waals surface area contributed by atoms with Gasteiger partial charge in [-0.2, -0.15) is 0 Å². The molecule has 0 bridgehead atoms. The van der Waals surface area contributed by atoms with Crippen LogP contribution in [0.2, 0.25) is 0 Å². The molecule has 96 valence electrons. The van der Waals surface area contributed by atoms with Crippen LogP contribution in [0.4, 0.5) is 0 Å². The lowest BCUT2D eigenvalue weighted by Crippen LogP contribution is -1.80. The van der Waals surface area contributed by atoms with Crippen LogP contribution in [0.1, 0.15) is 5.56 Å². The standard InChI is InChI=1S/C18H13NO/c1-12-4-2-5-13(10-12)14-6-3-7-16-15-8-9-19-11-17(15)20-18(14)16/h2-11H,1H3. The van der Waals surface area contributed by atoms with Gasteiger partial charge in [0.05, 0.1) is 6.20 Å². The first-order chi connectivity index (χ1) is 9.83. The Morgan fingerprint density at radius 2 is 1.85 bits per heavy atom. The van der Waals surface area contributed by atoms with Crippen molar-refractivity contribution in [2.24, 2.45) is 0 Å². The zero-order valence-corrected chi connectivity index (χ0v) is 11.1. The molecule has 0 radical (unpaired) electrons. The van der Waals surface area contributed by atoms with Crippen LogP contribution < -0.4 is 0 Å². The van der Waals surface area contributed by atoms with E-state index in [1.807, 2.05) is 6.07 Å². The second-order valence-corrected chi connectivity index (χ2v) is 5.03. The Hall–Kier alpha value is -2.61. The fraction of sp³-hybridized carbons (Fsp3) is 0.0556. The first-order valence-corrected chi connectivity index (χ1v) is 6.65. The predicted molar refractivity (Wildman–Crippen MR) is 81.7 cm³/mol. The van der Waals surface area contributed by atoms with E-state index in [1.54, 1.807) is 12.4 Å². The maximum Gasteiger partial charge on any atom is 0.153 e. The van der Waals surface area contributed by atoms with Gasteiger partial charge in [-0.3, -0.25) is 4.98 Å². The van der Waals surface area contributed by atoms with Crippen LogP contribution in [-0.4, -0.2) is 4.98 Å². The highest BCUT2D eigenvalue weighted by Crippen LogP contribution is 2.35. The third kappa shape index (κ3) is 1.62. The number of para-hydroxylation sites is 1. The SMILES string of the molecule is Cc1cccc(-c2cccc3c2oc2cnccc23)c1. The first kappa shape index (κ1) is 11.2. The lowest BCUT2D eigenvalue weighted by molar-refractivity contribution is 0.668. The van der Waals surface area contributed by atoms with Gasteiger partial charge in [-0.25, -0.2) is 0 Å². The van der Waals surface area contributed by atoms with Crippen LogP contribution >= 0.6 is 0 Å². The Kier molecular flexibility index (Phi) is 2.36. The summed E-state index contributed by atoms with van der Waals surface area (Å²) < 4.78 is 6.02. The first-order valence-electron chi connectivity index (χ1n) is 6.65. The Bertz CT molecular complexity index is 921. The molecule has 0 saturated heterocycles. The minimum Gasteiger partial charge on any atom is -0.454 e. The van der Waals surface area contributed by atoms with Crippen molar-refractivity contribution in [2.45, 2.75) is 6.92 Å². The highest BCUT2D eigenvalue weighted by atomic mass is 16.3. The predicted octanol–water partition coefficient (Wildman–Crippen LogP) is 4.96. The summed E-state index contributed by atoms with van der Waals surface area (Å²) in [5.41, 5.74) is 5.32. The van der Waals surface area contributed by atoms with Gasteiger partial charge in [-0.1, -0.05) is 48.0 Å². The third-order valence-electron chi connectivity index (χ3n) is 3.63. The molecular weight excluding hydrogens is 246 g/mol. The summed E-state index contributed by atoms with van der Waals surface area (Å²) in [4.78, 5) is 4.13. The van der Waals surface area contributed by atoms with Crippen molar-refractivity contribution >= 4 is 21.9 Å². The molecule has 0 amide bonds. The lowest BCUT2D eigenvalue weighted by atomic mass is 10.0. The van der Waals surface area contributed by atoms with Crippen LogP contribution in [-0.2, 0) is 0 Å². The fourth-order valence-electron chi connectivity index (χ4n) is 2.69. The number of pyridine rings is 1. The number of benzene rings is 2. The molecule has 0 aliphatic heterocycles. The summed E-state index contributed by atoms with van der Waals surface area (Å²) in [6.45, 7) is 2.10. The molecule has 0 spiro atoms. The van der Waals surface area contributed by atoms with Gasteiger partial charge in [0.25, 0.3) is 0 Å². The second-order valence-electron chi connectivity index (χ2n) is 5.03. The number of nitrogens with zero attached hydrogens (tertiary/aromatic N) is 1. The van der Waals surface area contributed by atoms with E-state index in [4.69, 9.17) is 4.42 Å². The lowest BCUT2D eigenvalue weighted by Gasteiger charge is -2.03. The van der Waals surface area contributed by atoms with E-state index in [9.17, 15) is 0 Å². The van der Waals surface area contributed by atoms with Gasteiger partial charge >= 0.3 is 0 Å². The van der Waals surface area contributed by atoms with Crippen LogP contribution in [0.25, 0.3) is 33.1 Å². The van der Waals surface area contributed by atoms with Crippen molar-refractivity contribution in [1.29, 1.82) is 0 Å². The van der Waals surface area contributed by atoms with E-state index in [-0.39, 0.29) is 0 Å². The van der Waals surface area contributed by atoms with Gasteiger partial charge in [0, 0.05) is 22.5 Å². The van der Waals surface area contributed by atoms with Gasteiger partial charge < -0.3 is 4.42 Å². The van der Waals surface area contributed by atoms with Gasteiger partial charge in [0.2, 0.25) is 0 Å². The van der Waals surface area contributed by atoms with Gasteiger partial charge in [-0.15, -0.1) is 0 Å². The molecule has 2 aromatic carbocycles. The molecule has 2 heteroatoms. The maximum atomic E-state index is 6.02. The van der Waals surface area contributed by atoms with Crippen molar-refractivity contribution in [3.63, 3.8) is 0 Å². The molecule has 20 heavy (non-hydrogen) atoms. The van der Waals surface area contributed by atoms with Crippen LogP contribution in [0.3, 0.4) is 0 Å². The van der Waals surface area contributed by atoms with Crippen LogP contribution in [0.15, 0.2) is 65.3 Å². The summed E-state index contributed by atoms with van der Waals surface area (Å²) in [5, 5.41) is 2.26. The van der Waals surface area contributed by atoms with Gasteiger partial charge in [-0.05, 0) is 18.6 Å². The molecule has 0 N–H and O–H groups in total. The molecule has 2 heterocycles. The average Bonchev–Trinajstić information content (AvgIpc) is 2.86. The van der Waals surface area contributed by atoms with Crippen molar-refractivity contribution in [3.8, 4) is 11.1 Å². The smallest absolute Gasteiger partial charge is 0.153 e. The number of aromatic nitrogens is 1. The van der Waals surface area contributed by atoms with E-state index in [1.165, 1.54) is 11.1 Å². The zero-order valence-electron chi connectivity index (χ0n) is 11.1. The molecular formula is C18H13NO. The van der Waals surface area contributed by atoms with Crippen LogP contribution in [0, 0.1) is 6.92 Å². The van der Waals surface area contributed by atoms with Gasteiger partial charge in [0.15, 0.2) is 5.58 Å². The molecule has 2 aromatic heterocycles. The fourth-order valence-corrected chi connectivity index (χ4v) is 2.69. The summed E-state index contributed by atoms with van der Waals surface area (Å²) in [7, 11) is 0. The Labute approximate surface area is 116 Å².